The molecule has 2 saturated carbocycles. The topological polar surface area (TPSA) is 43.7 Å². The second kappa shape index (κ2) is 5.99. The van der Waals surface area contributed by atoms with Crippen LogP contribution in [0.1, 0.15) is 51.4 Å². The van der Waals surface area contributed by atoms with Crippen molar-refractivity contribution in [2.75, 3.05) is 13.2 Å². The molecule has 0 spiro atoms. The molecule has 2 rings (SSSR count). The maximum absolute atomic E-state index is 9.99. The summed E-state index contributed by atoms with van der Waals surface area (Å²) < 4.78 is 0. The number of aliphatic hydroxyl groups is 2. The van der Waals surface area contributed by atoms with Crippen LogP contribution in [0.15, 0.2) is 0 Å². The molecule has 2 atom stereocenters. The van der Waals surface area contributed by atoms with Gasteiger partial charge in [0.25, 0.3) is 0 Å². The molecule has 2 aliphatic carbocycles. The summed E-state index contributed by atoms with van der Waals surface area (Å²) in [5, 5.41) is 19.2. The number of rotatable bonds is 4. The predicted molar refractivity (Wildman–Crippen MR) is 64.3 cm³/mol. The highest BCUT2D eigenvalue weighted by Gasteiger charge is 2.34. The van der Waals surface area contributed by atoms with Gasteiger partial charge in [-0.1, -0.05) is 19.3 Å². The summed E-state index contributed by atoms with van der Waals surface area (Å²) in [6.07, 6.45) is 9.53. The van der Waals surface area contributed by atoms with Crippen LogP contribution in [0.25, 0.3) is 0 Å². The second-order valence-corrected chi connectivity index (χ2v) is 5.32. The third-order valence-electron chi connectivity index (χ3n) is 4.27. The maximum Gasteiger partial charge on any atom is 0.0695 e. The average molecular weight is 227 g/mol. The van der Waals surface area contributed by atoms with Crippen molar-refractivity contribution in [3.05, 3.63) is 0 Å². The van der Waals surface area contributed by atoms with Gasteiger partial charge in [0.1, 0.15) is 0 Å². The van der Waals surface area contributed by atoms with Crippen molar-refractivity contribution in [1.82, 2.24) is 4.90 Å². The van der Waals surface area contributed by atoms with E-state index in [-0.39, 0.29) is 12.7 Å². The van der Waals surface area contributed by atoms with E-state index in [0.29, 0.717) is 12.1 Å². The van der Waals surface area contributed by atoms with Crippen LogP contribution in [0, 0.1) is 0 Å². The molecule has 94 valence electrons. The first-order chi connectivity index (χ1) is 7.83. The molecular weight excluding hydrogens is 202 g/mol. The minimum absolute atomic E-state index is 0.159. The van der Waals surface area contributed by atoms with Crippen molar-refractivity contribution in [2.45, 2.75) is 69.6 Å². The Bertz CT molecular complexity index is 204. The van der Waals surface area contributed by atoms with Gasteiger partial charge in [0, 0.05) is 18.6 Å². The average Bonchev–Trinajstić information content (AvgIpc) is 2.73. The third kappa shape index (κ3) is 2.76. The van der Waals surface area contributed by atoms with Gasteiger partial charge in [-0.15, -0.1) is 0 Å². The fourth-order valence-electron chi connectivity index (χ4n) is 3.46. The third-order valence-corrected chi connectivity index (χ3v) is 4.27. The molecular formula is C13H25NO2. The number of aliphatic hydroxyl groups excluding tert-OH is 2. The van der Waals surface area contributed by atoms with E-state index < -0.39 is 0 Å². The smallest absolute Gasteiger partial charge is 0.0695 e. The van der Waals surface area contributed by atoms with Gasteiger partial charge in [0.15, 0.2) is 0 Å². The highest BCUT2D eigenvalue weighted by molar-refractivity contribution is 4.89. The first-order valence-electron chi connectivity index (χ1n) is 6.87. The Kier molecular flexibility index (Phi) is 4.62. The van der Waals surface area contributed by atoms with Gasteiger partial charge in [-0.2, -0.15) is 0 Å². The van der Waals surface area contributed by atoms with Crippen molar-refractivity contribution >= 4 is 0 Å². The molecule has 16 heavy (non-hydrogen) atoms. The summed E-state index contributed by atoms with van der Waals surface area (Å²) in [5.41, 5.74) is 0. The summed E-state index contributed by atoms with van der Waals surface area (Å²) in [5.74, 6) is 0. The standard InChI is InChI=1S/C13H25NO2/c15-10-9-14(11-5-2-1-3-6-11)12-7-4-8-13(12)16/h11-13,15-16H,1-10H2. The first-order valence-corrected chi connectivity index (χ1v) is 6.87. The van der Waals surface area contributed by atoms with E-state index in [1.165, 1.54) is 32.1 Å². The second-order valence-electron chi connectivity index (χ2n) is 5.32. The minimum Gasteiger partial charge on any atom is -0.395 e. The zero-order valence-electron chi connectivity index (χ0n) is 10.1. The summed E-state index contributed by atoms with van der Waals surface area (Å²) in [7, 11) is 0. The first kappa shape index (κ1) is 12.3. The van der Waals surface area contributed by atoms with Gasteiger partial charge in [-0.25, -0.2) is 0 Å². The van der Waals surface area contributed by atoms with Crippen LogP contribution < -0.4 is 0 Å². The minimum atomic E-state index is -0.159. The molecule has 2 unspecified atom stereocenters. The lowest BCUT2D eigenvalue weighted by molar-refractivity contribution is 0.0205. The zero-order valence-corrected chi connectivity index (χ0v) is 10.1. The molecule has 0 aliphatic heterocycles. The molecule has 0 saturated heterocycles. The summed E-state index contributed by atoms with van der Waals surface area (Å²) >= 11 is 0. The summed E-state index contributed by atoms with van der Waals surface area (Å²) in [6.45, 7) is 0.964. The Morgan fingerprint density at radius 3 is 2.25 bits per heavy atom. The molecule has 0 amide bonds. The molecule has 0 aromatic carbocycles. The lowest BCUT2D eigenvalue weighted by atomic mass is 9.92. The molecule has 2 fully saturated rings. The molecule has 3 nitrogen and oxygen atoms in total. The van der Waals surface area contributed by atoms with Crippen LogP contribution in [0.3, 0.4) is 0 Å². The van der Waals surface area contributed by atoms with Crippen LogP contribution in [0.4, 0.5) is 0 Å². The fourth-order valence-corrected chi connectivity index (χ4v) is 3.46. The van der Waals surface area contributed by atoms with E-state index in [9.17, 15) is 10.2 Å². The van der Waals surface area contributed by atoms with Crippen molar-refractivity contribution in [3.8, 4) is 0 Å². The lowest BCUT2D eigenvalue weighted by Gasteiger charge is -2.39. The van der Waals surface area contributed by atoms with Gasteiger partial charge < -0.3 is 10.2 Å². The molecule has 2 N–H and O–H groups in total. The van der Waals surface area contributed by atoms with Gasteiger partial charge in [0.05, 0.1) is 12.7 Å². The highest BCUT2D eigenvalue weighted by atomic mass is 16.3. The van der Waals surface area contributed by atoms with Crippen LogP contribution in [-0.4, -0.2) is 46.5 Å². The number of nitrogens with zero attached hydrogens (tertiary/aromatic N) is 1. The normalized spacial score (nSPS) is 32.4. The van der Waals surface area contributed by atoms with E-state index in [0.717, 1.165) is 25.8 Å². The molecule has 3 heteroatoms. The Morgan fingerprint density at radius 1 is 0.938 bits per heavy atom. The van der Waals surface area contributed by atoms with E-state index in [2.05, 4.69) is 4.90 Å². The largest absolute Gasteiger partial charge is 0.395 e. The van der Waals surface area contributed by atoms with Crippen molar-refractivity contribution in [2.24, 2.45) is 0 Å². The Labute approximate surface area is 98.5 Å². The van der Waals surface area contributed by atoms with E-state index in [1.807, 2.05) is 0 Å². The number of hydrogen-bond acceptors (Lipinski definition) is 3. The van der Waals surface area contributed by atoms with Gasteiger partial charge in [-0.3, -0.25) is 4.90 Å². The maximum atomic E-state index is 9.99. The van der Waals surface area contributed by atoms with E-state index >= 15 is 0 Å². The summed E-state index contributed by atoms with van der Waals surface area (Å²) in [6, 6.07) is 0.925. The van der Waals surface area contributed by atoms with Crippen molar-refractivity contribution < 1.29 is 10.2 Å². The quantitative estimate of drug-likeness (QED) is 0.765. The SMILES string of the molecule is OCCN(C1CCCCC1)C1CCCC1O. The molecule has 0 heterocycles. The lowest BCUT2D eigenvalue weighted by Crippen LogP contribution is -2.48. The fraction of sp³-hybridized carbons (Fsp3) is 1.00. The van der Waals surface area contributed by atoms with Crippen molar-refractivity contribution in [3.63, 3.8) is 0 Å². The van der Waals surface area contributed by atoms with E-state index in [1.54, 1.807) is 0 Å². The zero-order chi connectivity index (χ0) is 11.4. The monoisotopic (exact) mass is 227 g/mol. The van der Waals surface area contributed by atoms with Crippen LogP contribution in [0.5, 0.6) is 0 Å². The number of hydrogen-bond donors (Lipinski definition) is 2. The molecule has 0 radical (unpaired) electrons. The molecule has 0 bridgehead atoms. The molecule has 2 aliphatic rings. The van der Waals surface area contributed by atoms with Gasteiger partial charge in [-0.05, 0) is 32.1 Å². The predicted octanol–water partition coefficient (Wildman–Crippen LogP) is 1.53. The highest BCUT2D eigenvalue weighted by Crippen LogP contribution is 2.30. The molecule has 0 aromatic heterocycles. The Balaban J connectivity index is 1.97. The Hall–Kier alpha value is -0.120. The van der Waals surface area contributed by atoms with Crippen LogP contribution >= 0.6 is 0 Å². The van der Waals surface area contributed by atoms with E-state index in [4.69, 9.17) is 0 Å². The van der Waals surface area contributed by atoms with Gasteiger partial charge >= 0.3 is 0 Å². The summed E-state index contributed by atoms with van der Waals surface area (Å²) in [4.78, 5) is 2.40. The van der Waals surface area contributed by atoms with Gasteiger partial charge in [0.2, 0.25) is 0 Å². The molecule has 0 aromatic rings. The Morgan fingerprint density at radius 2 is 1.69 bits per heavy atom. The van der Waals surface area contributed by atoms with Crippen LogP contribution in [-0.2, 0) is 0 Å². The van der Waals surface area contributed by atoms with Crippen molar-refractivity contribution in [1.29, 1.82) is 0 Å². The van der Waals surface area contributed by atoms with Crippen LogP contribution in [0.2, 0.25) is 0 Å².